The largest absolute Gasteiger partial charge is 0.333 e. The molecule has 0 saturated carbocycles. The zero-order chi connectivity index (χ0) is 11.0. The van der Waals surface area contributed by atoms with E-state index in [1.807, 2.05) is 12.1 Å². The first kappa shape index (κ1) is 9.29. The Morgan fingerprint density at radius 3 is 3.19 bits per heavy atom. The number of anilines is 1. The summed E-state index contributed by atoms with van der Waals surface area (Å²) in [6, 6.07) is 3.62. The molecule has 0 unspecified atom stereocenters. The zero-order valence-corrected chi connectivity index (χ0v) is 9.04. The summed E-state index contributed by atoms with van der Waals surface area (Å²) in [6.07, 6.45) is 3.49. The van der Waals surface area contributed by atoms with E-state index in [4.69, 9.17) is 0 Å². The van der Waals surface area contributed by atoms with Crippen molar-refractivity contribution < 1.29 is 4.79 Å². The zero-order valence-electron chi connectivity index (χ0n) is 8.23. The van der Waals surface area contributed by atoms with Crippen LogP contribution < -0.4 is 10.6 Å². The number of amides is 2. The SMILES string of the molecule is O=C1NCc2sc(-c3cccnc3)nc2N1. The van der Waals surface area contributed by atoms with Crippen LogP contribution in [0.3, 0.4) is 0 Å². The van der Waals surface area contributed by atoms with Crippen LogP contribution in [0.25, 0.3) is 10.6 Å². The summed E-state index contributed by atoms with van der Waals surface area (Å²) < 4.78 is 0. The Morgan fingerprint density at radius 2 is 2.38 bits per heavy atom. The molecule has 0 aromatic carbocycles. The number of nitrogens with zero attached hydrogens (tertiary/aromatic N) is 2. The second kappa shape index (κ2) is 3.57. The van der Waals surface area contributed by atoms with Crippen molar-refractivity contribution in [1.82, 2.24) is 15.3 Å². The molecule has 3 rings (SSSR count). The second-order valence-electron chi connectivity index (χ2n) is 3.34. The Morgan fingerprint density at radius 1 is 1.44 bits per heavy atom. The predicted octanol–water partition coefficient (Wildman–Crippen LogP) is 1.84. The fourth-order valence-corrected chi connectivity index (χ4v) is 2.44. The quantitative estimate of drug-likeness (QED) is 0.788. The Bertz CT molecular complexity index is 537. The average molecular weight is 232 g/mol. The first-order valence-electron chi connectivity index (χ1n) is 4.78. The van der Waals surface area contributed by atoms with E-state index in [0.717, 1.165) is 15.4 Å². The van der Waals surface area contributed by atoms with Gasteiger partial charge in [-0.05, 0) is 12.1 Å². The van der Waals surface area contributed by atoms with Gasteiger partial charge in [0.05, 0.1) is 11.4 Å². The number of fused-ring (bicyclic) bond motifs is 1. The van der Waals surface area contributed by atoms with Crippen molar-refractivity contribution in [2.24, 2.45) is 0 Å². The number of hydrogen-bond donors (Lipinski definition) is 2. The second-order valence-corrected chi connectivity index (χ2v) is 4.42. The van der Waals surface area contributed by atoms with E-state index in [2.05, 4.69) is 20.6 Å². The summed E-state index contributed by atoms with van der Waals surface area (Å²) in [4.78, 5) is 20.6. The summed E-state index contributed by atoms with van der Waals surface area (Å²) in [5, 5.41) is 6.26. The Balaban J connectivity index is 2.02. The fraction of sp³-hybridized carbons (Fsp3) is 0.100. The van der Waals surface area contributed by atoms with Crippen molar-refractivity contribution in [2.45, 2.75) is 6.54 Å². The van der Waals surface area contributed by atoms with Crippen molar-refractivity contribution in [1.29, 1.82) is 0 Å². The van der Waals surface area contributed by atoms with Crippen LogP contribution in [-0.4, -0.2) is 16.0 Å². The van der Waals surface area contributed by atoms with Gasteiger partial charge in [0.25, 0.3) is 0 Å². The number of urea groups is 1. The molecule has 0 atom stereocenters. The molecule has 0 spiro atoms. The number of hydrogen-bond acceptors (Lipinski definition) is 4. The van der Waals surface area contributed by atoms with Gasteiger partial charge in [-0.25, -0.2) is 9.78 Å². The summed E-state index contributed by atoms with van der Waals surface area (Å²) in [7, 11) is 0. The Kier molecular flexibility index (Phi) is 2.07. The van der Waals surface area contributed by atoms with Gasteiger partial charge in [-0.3, -0.25) is 10.3 Å². The van der Waals surface area contributed by atoms with Crippen molar-refractivity contribution in [3.8, 4) is 10.6 Å². The first-order valence-corrected chi connectivity index (χ1v) is 5.59. The smallest absolute Gasteiger partial charge is 0.320 e. The van der Waals surface area contributed by atoms with Gasteiger partial charge in [-0.2, -0.15) is 0 Å². The Hall–Kier alpha value is -1.95. The molecule has 2 N–H and O–H groups in total. The molecule has 0 fully saturated rings. The third kappa shape index (κ3) is 1.53. The van der Waals surface area contributed by atoms with Gasteiger partial charge in [-0.15, -0.1) is 11.3 Å². The number of carbonyl (C=O) groups excluding carboxylic acids is 1. The molecule has 80 valence electrons. The lowest BCUT2D eigenvalue weighted by Gasteiger charge is -2.11. The maximum atomic E-state index is 11.1. The van der Waals surface area contributed by atoms with Crippen molar-refractivity contribution in [3.63, 3.8) is 0 Å². The van der Waals surface area contributed by atoms with Crippen LogP contribution in [0.2, 0.25) is 0 Å². The maximum absolute atomic E-state index is 11.1. The molecule has 2 aromatic heterocycles. The van der Waals surface area contributed by atoms with Crippen LogP contribution in [0.1, 0.15) is 4.88 Å². The predicted molar refractivity (Wildman–Crippen MR) is 61.2 cm³/mol. The van der Waals surface area contributed by atoms with E-state index in [1.54, 1.807) is 23.7 Å². The molecule has 16 heavy (non-hydrogen) atoms. The van der Waals surface area contributed by atoms with Gasteiger partial charge in [0, 0.05) is 18.0 Å². The van der Waals surface area contributed by atoms with Crippen LogP contribution in [0.5, 0.6) is 0 Å². The van der Waals surface area contributed by atoms with Crippen LogP contribution in [0.15, 0.2) is 24.5 Å². The molecule has 1 aliphatic heterocycles. The molecule has 2 aromatic rings. The molecule has 2 amide bonds. The lowest BCUT2D eigenvalue weighted by atomic mass is 10.3. The minimum Gasteiger partial charge on any atom is -0.333 e. The topological polar surface area (TPSA) is 66.9 Å². The van der Waals surface area contributed by atoms with Gasteiger partial charge >= 0.3 is 6.03 Å². The third-order valence-corrected chi connectivity index (χ3v) is 3.35. The standard InChI is InChI=1S/C10H8N4OS/c15-10-12-5-7-8(14-10)13-9(16-7)6-2-1-3-11-4-6/h1-4H,5H2,(H2,12,14,15). The van der Waals surface area contributed by atoms with Gasteiger partial charge in [-0.1, -0.05) is 0 Å². The summed E-state index contributed by atoms with van der Waals surface area (Å²) in [5.41, 5.74) is 0.969. The van der Waals surface area contributed by atoms with E-state index < -0.39 is 0 Å². The minimum atomic E-state index is -0.199. The third-order valence-electron chi connectivity index (χ3n) is 2.25. The number of pyridine rings is 1. The molecule has 3 heterocycles. The average Bonchev–Trinajstić information content (AvgIpc) is 2.73. The van der Waals surface area contributed by atoms with Gasteiger partial charge < -0.3 is 5.32 Å². The van der Waals surface area contributed by atoms with Crippen molar-refractivity contribution >= 4 is 23.2 Å². The Labute approximate surface area is 95.6 Å². The van der Waals surface area contributed by atoms with E-state index in [1.165, 1.54) is 0 Å². The molecule has 0 bridgehead atoms. The number of aromatic nitrogens is 2. The number of nitrogens with one attached hydrogen (secondary N) is 2. The van der Waals surface area contributed by atoms with Crippen molar-refractivity contribution in [2.75, 3.05) is 5.32 Å². The molecular weight excluding hydrogens is 224 g/mol. The van der Waals surface area contributed by atoms with E-state index >= 15 is 0 Å². The van der Waals surface area contributed by atoms with Crippen LogP contribution in [-0.2, 0) is 6.54 Å². The van der Waals surface area contributed by atoms with E-state index in [-0.39, 0.29) is 6.03 Å². The van der Waals surface area contributed by atoms with Gasteiger partial charge in [0.1, 0.15) is 5.01 Å². The maximum Gasteiger partial charge on any atom is 0.320 e. The van der Waals surface area contributed by atoms with Crippen molar-refractivity contribution in [3.05, 3.63) is 29.4 Å². The van der Waals surface area contributed by atoms with E-state index in [9.17, 15) is 4.79 Å². The lowest BCUT2D eigenvalue weighted by Crippen LogP contribution is -2.32. The molecule has 0 radical (unpaired) electrons. The van der Waals surface area contributed by atoms with E-state index in [0.29, 0.717) is 12.4 Å². The molecule has 0 saturated heterocycles. The summed E-state index contributed by atoms with van der Waals surface area (Å²) >= 11 is 1.56. The van der Waals surface area contributed by atoms with Gasteiger partial charge in [0.2, 0.25) is 0 Å². The molecular formula is C10H8N4OS. The van der Waals surface area contributed by atoms with Gasteiger partial charge in [0.15, 0.2) is 5.82 Å². The molecule has 6 heteroatoms. The highest BCUT2D eigenvalue weighted by atomic mass is 32.1. The summed E-state index contributed by atoms with van der Waals surface area (Å²) in [5.74, 6) is 0.660. The molecule has 5 nitrogen and oxygen atoms in total. The lowest BCUT2D eigenvalue weighted by molar-refractivity contribution is 0.251. The van der Waals surface area contributed by atoms with Crippen LogP contribution in [0, 0.1) is 0 Å². The highest BCUT2D eigenvalue weighted by Crippen LogP contribution is 2.31. The molecule has 1 aliphatic rings. The normalized spacial score (nSPS) is 13.9. The number of thiazole rings is 1. The number of rotatable bonds is 1. The number of carbonyl (C=O) groups is 1. The first-order chi connectivity index (χ1) is 7.83. The van der Waals surface area contributed by atoms with Crippen LogP contribution >= 0.6 is 11.3 Å². The molecule has 0 aliphatic carbocycles. The highest BCUT2D eigenvalue weighted by molar-refractivity contribution is 7.15. The van der Waals surface area contributed by atoms with Crippen LogP contribution in [0.4, 0.5) is 10.6 Å². The minimum absolute atomic E-state index is 0.199. The monoisotopic (exact) mass is 232 g/mol. The fourth-order valence-electron chi connectivity index (χ4n) is 1.49. The highest BCUT2D eigenvalue weighted by Gasteiger charge is 2.19. The summed E-state index contributed by atoms with van der Waals surface area (Å²) in [6.45, 7) is 0.541.